The first-order chi connectivity index (χ1) is 10.2. The summed E-state index contributed by atoms with van der Waals surface area (Å²) in [5.41, 5.74) is 1.73. The topological polar surface area (TPSA) is 43.1 Å². The van der Waals surface area contributed by atoms with Gasteiger partial charge in [0.1, 0.15) is 5.82 Å². The van der Waals surface area contributed by atoms with Crippen molar-refractivity contribution in [3.63, 3.8) is 0 Å². The van der Waals surface area contributed by atoms with E-state index in [1.54, 1.807) is 6.20 Å². The molecule has 1 aliphatic rings. The molecule has 0 aliphatic heterocycles. The lowest BCUT2D eigenvalue weighted by Crippen LogP contribution is -2.37. The number of fused-ring (bicyclic) bond motifs is 1. The molecule has 2 aromatic heterocycles. The molecule has 1 aliphatic carbocycles. The van der Waals surface area contributed by atoms with Crippen LogP contribution in [0, 0.1) is 0 Å². The van der Waals surface area contributed by atoms with Crippen LogP contribution >= 0.6 is 23.2 Å². The normalized spacial score (nSPS) is 16.9. The van der Waals surface area contributed by atoms with Crippen LogP contribution in [0.1, 0.15) is 30.7 Å². The zero-order chi connectivity index (χ0) is 14.4. The number of hydrogen-bond acceptors (Lipinski definition) is 3. The zero-order valence-corrected chi connectivity index (χ0v) is 12.6. The van der Waals surface area contributed by atoms with Crippen molar-refractivity contribution < 1.29 is 0 Å². The Bertz CT molecular complexity index is 806. The minimum Gasteiger partial charge on any atom is -0.282 e. The second-order valence-electron chi connectivity index (χ2n) is 5.38. The van der Waals surface area contributed by atoms with Gasteiger partial charge in [-0.15, -0.1) is 10.2 Å². The summed E-state index contributed by atoms with van der Waals surface area (Å²) in [4.78, 5) is 4.06. The predicted molar refractivity (Wildman–Crippen MR) is 81.9 cm³/mol. The molecule has 4 rings (SSSR count). The van der Waals surface area contributed by atoms with Crippen LogP contribution in [0.3, 0.4) is 0 Å². The molecule has 0 radical (unpaired) electrons. The first-order valence-electron chi connectivity index (χ1n) is 6.82. The zero-order valence-electron chi connectivity index (χ0n) is 11.1. The summed E-state index contributed by atoms with van der Waals surface area (Å²) in [6.07, 6.45) is 6.82. The summed E-state index contributed by atoms with van der Waals surface area (Å²) in [5.74, 6) is 0.926. The second kappa shape index (κ2) is 4.68. The van der Waals surface area contributed by atoms with Gasteiger partial charge in [-0.3, -0.25) is 4.40 Å². The molecule has 0 N–H and O–H groups in total. The van der Waals surface area contributed by atoms with Crippen LogP contribution in [-0.2, 0) is 5.41 Å². The van der Waals surface area contributed by atoms with Crippen molar-refractivity contribution in [1.29, 1.82) is 0 Å². The van der Waals surface area contributed by atoms with Crippen LogP contribution in [0.15, 0.2) is 36.7 Å². The van der Waals surface area contributed by atoms with E-state index in [0.29, 0.717) is 10.8 Å². The highest BCUT2D eigenvalue weighted by Gasteiger charge is 2.44. The Balaban J connectivity index is 1.92. The molecule has 3 aromatic rings. The molecule has 106 valence electrons. The van der Waals surface area contributed by atoms with Crippen molar-refractivity contribution in [3.05, 3.63) is 58.2 Å². The van der Waals surface area contributed by atoms with Crippen molar-refractivity contribution in [1.82, 2.24) is 19.6 Å². The summed E-state index contributed by atoms with van der Waals surface area (Å²) in [7, 11) is 0. The smallest absolute Gasteiger partial charge is 0.198 e. The number of hydrogen-bond donors (Lipinski definition) is 0. The maximum atomic E-state index is 6.10. The van der Waals surface area contributed by atoms with Crippen molar-refractivity contribution >= 4 is 28.8 Å². The van der Waals surface area contributed by atoms with E-state index in [2.05, 4.69) is 27.3 Å². The maximum Gasteiger partial charge on any atom is 0.198 e. The minimum atomic E-state index is -0.102. The van der Waals surface area contributed by atoms with Crippen LogP contribution in [0.4, 0.5) is 0 Å². The van der Waals surface area contributed by atoms with E-state index < -0.39 is 0 Å². The van der Waals surface area contributed by atoms with Gasteiger partial charge in [0.2, 0.25) is 0 Å². The fraction of sp³-hybridized carbons (Fsp3) is 0.267. The van der Waals surface area contributed by atoms with Crippen molar-refractivity contribution in [2.45, 2.75) is 24.7 Å². The monoisotopic (exact) mass is 318 g/mol. The van der Waals surface area contributed by atoms with E-state index in [0.717, 1.165) is 23.7 Å². The minimum absolute atomic E-state index is 0.102. The van der Waals surface area contributed by atoms with Crippen LogP contribution in [0.2, 0.25) is 10.2 Å². The van der Waals surface area contributed by atoms with E-state index in [1.807, 2.05) is 22.7 Å². The van der Waals surface area contributed by atoms with E-state index in [9.17, 15) is 0 Å². The molecule has 2 heterocycles. The van der Waals surface area contributed by atoms with Crippen molar-refractivity contribution in [3.8, 4) is 0 Å². The number of nitrogens with zero attached hydrogens (tertiary/aromatic N) is 4. The molecule has 1 saturated carbocycles. The van der Waals surface area contributed by atoms with E-state index in [1.165, 1.54) is 12.0 Å². The fourth-order valence-electron chi connectivity index (χ4n) is 3.06. The van der Waals surface area contributed by atoms with Gasteiger partial charge in [-0.1, -0.05) is 41.8 Å². The second-order valence-corrected chi connectivity index (χ2v) is 6.17. The van der Waals surface area contributed by atoms with Gasteiger partial charge < -0.3 is 0 Å². The number of benzene rings is 1. The van der Waals surface area contributed by atoms with Crippen LogP contribution in [0.25, 0.3) is 5.65 Å². The van der Waals surface area contributed by atoms with Crippen molar-refractivity contribution in [2.24, 2.45) is 0 Å². The van der Waals surface area contributed by atoms with E-state index >= 15 is 0 Å². The van der Waals surface area contributed by atoms with E-state index in [4.69, 9.17) is 23.2 Å². The fourth-order valence-corrected chi connectivity index (χ4v) is 3.37. The quantitative estimate of drug-likeness (QED) is 0.719. The maximum absolute atomic E-state index is 6.10. The predicted octanol–water partition coefficient (Wildman–Crippen LogP) is 3.90. The van der Waals surface area contributed by atoms with Gasteiger partial charge in [0.05, 0.1) is 5.41 Å². The van der Waals surface area contributed by atoms with Gasteiger partial charge in [0, 0.05) is 17.4 Å². The lowest BCUT2D eigenvalue weighted by molar-refractivity contribution is 0.283. The van der Waals surface area contributed by atoms with Crippen LogP contribution in [0.5, 0.6) is 0 Å². The summed E-state index contributed by atoms with van der Waals surface area (Å²) in [5, 5.41) is 9.73. The van der Waals surface area contributed by atoms with Gasteiger partial charge in [-0.25, -0.2) is 4.98 Å². The third-order valence-electron chi connectivity index (χ3n) is 4.32. The number of halogens is 2. The first kappa shape index (κ1) is 13.0. The van der Waals surface area contributed by atoms with E-state index in [-0.39, 0.29) is 5.41 Å². The molecule has 0 bridgehead atoms. The molecular weight excluding hydrogens is 307 g/mol. The van der Waals surface area contributed by atoms with Gasteiger partial charge in [0.25, 0.3) is 0 Å². The Morgan fingerprint density at radius 2 is 1.81 bits per heavy atom. The van der Waals surface area contributed by atoms with Gasteiger partial charge in [-0.05, 0) is 30.5 Å². The summed E-state index contributed by atoms with van der Waals surface area (Å²) in [6, 6.07) is 8.00. The average Bonchev–Trinajstić information content (AvgIpc) is 2.86. The molecule has 1 fully saturated rings. The molecule has 0 unspecified atom stereocenters. The molecule has 0 amide bonds. The van der Waals surface area contributed by atoms with Gasteiger partial charge in [-0.2, -0.15) is 0 Å². The lowest BCUT2D eigenvalue weighted by atomic mass is 9.64. The Labute approximate surface area is 131 Å². The SMILES string of the molecule is Clc1ccc(C2(c3nnc4c(Cl)nccn34)CCC2)cc1. The van der Waals surface area contributed by atoms with Gasteiger partial charge in [0.15, 0.2) is 10.8 Å². The Morgan fingerprint density at radius 3 is 2.48 bits per heavy atom. The van der Waals surface area contributed by atoms with Crippen LogP contribution in [-0.4, -0.2) is 19.6 Å². The number of rotatable bonds is 2. The number of aromatic nitrogens is 4. The molecule has 21 heavy (non-hydrogen) atoms. The molecule has 4 nitrogen and oxygen atoms in total. The Kier molecular flexibility index (Phi) is 2.91. The third kappa shape index (κ3) is 1.86. The van der Waals surface area contributed by atoms with Gasteiger partial charge >= 0.3 is 0 Å². The molecule has 6 heteroatoms. The summed E-state index contributed by atoms with van der Waals surface area (Å²) < 4.78 is 1.95. The molecular formula is C15H12Cl2N4. The van der Waals surface area contributed by atoms with Crippen molar-refractivity contribution in [2.75, 3.05) is 0 Å². The standard InChI is InChI=1S/C15H12Cl2N4/c16-11-4-2-10(3-5-11)15(6-1-7-15)14-20-19-13-12(17)18-8-9-21(13)14/h2-5,8-9H,1,6-7H2. The summed E-state index contributed by atoms with van der Waals surface area (Å²) >= 11 is 12.1. The Hall–Kier alpha value is -1.65. The molecule has 1 aromatic carbocycles. The lowest BCUT2D eigenvalue weighted by Gasteiger charge is -2.40. The molecule has 0 spiro atoms. The highest BCUT2D eigenvalue weighted by Crippen LogP contribution is 2.48. The van der Waals surface area contributed by atoms with Crippen LogP contribution < -0.4 is 0 Å². The Morgan fingerprint density at radius 1 is 1.05 bits per heavy atom. The highest BCUT2D eigenvalue weighted by molar-refractivity contribution is 6.32. The summed E-state index contributed by atoms with van der Waals surface area (Å²) in [6.45, 7) is 0. The third-order valence-corrected chi connectivity index (χ3v) is 4.83. The largest absolute Gasteiger partial charge is 0.282 e. The molecule has 0 saturated heterocycles. The molecule has 0 atom stereocenters. The highest BCUT2D eigenvalue weighted by atomic mass is 35.5. The first-order valence-corrected chi connectivity index (χ1v) is 7.58. The average molecular weight is 319 g/mol.